The van der Waals surface area contributed by atoms with E-state index in [-0.39, 0.29) is 11.5 Å². The minimum Gasteiger partial charge on any atom is -0.293 e. The first-order valence-electron chi connectivity index (χ1n) is 7.72. The van der Waals surface area contributed by atoms with Crippen molar-refractivity contribution in [2.45, 2.75) is 20.3 Å². The van der Waals surface area contributed by atoms with E-state index in [1.807, 2.05) is 43.0 Å². The minimum atomic E-state index is -3.12. The summed E-state index contributed by atoms with van der Waals surface area (Å²) in [6.45, 7) is 6.39. The molecular formula is C16H24N2O3S. The maximum atomic E-state index is 12.2. The zero-order valence-electron chi connectivity index (χ0n) is 13.3. The van der Waals surface area contributed by atoms with Crippen LogP contribution in [0.15, 0.2) is 24.3 Å². The lowest BCUT2D eigenvalue weighted by atomic mass is 10.1. The van der Waals surface area contributed by atoms with Crippen LogP contribution in [-0.4, -0.2) is 61.9 Å². The molecule has 0 N–H and O–H groups in total. The van der Waals surface area contributed by atoms with Gasteiger partial charge in [-0.15, -0.1) is 0 Å². The van der Waals surface area contributed by atoms with Crippen molar-refractivity contribution in [1.82, 2.24) is 9.21 Å². The molecule has 1 saturated heterocycles. The zero-order chi connectivity index (χ0) is 16.2. The predicted molar refractivity (Wildman–Crippen MR) is 87.6 cm³/mol. The van der Waals surface area contributed by atoms with Crippen molar-refractivity contribution in [2.75, 3.05) is 38.5 Å². The fourth-order valence-electron chi connectivity index (χ4n) is 2.59. The molecule has 1 heterocycles. The van der Waals surface area contributed by atoms with Gasteiger partial charge in [-0.1, -0.05) is 36.8 Å². The molecule has 0 unspecified atom stereocenters. The second-order valence-corrected chi connectivity index (χ2v) is 7.87. The Balaban J connectivity index is 1.87. The lowest BCUT2D eigenvalue weighted by molar-refractivity contribution is 0.0901. The van der Waals surface area contributed by atoms with Gasteiger partial charge in [-0.3, -0.25) is 9.69 Å². The number of Topliss-reactive ketones (excluding diaryl/α,β-unsaturated/α-hetero) is 1. The molecule has 0 radical (unpaired) electrons. The number of carbonyl (C=O) groups is 1. The number of nitrogens with zero attached hydrogens (tertiary/aromatic N) is 2. The van der Waals surface area contributed by atoms with Gasteiger partial charge in [-0.25, -0.2) is 8.42 Å². The molecule has 0 atom stereocenters. The summed E-state index contributed by atoms with van der Waals surface area (Å²) in [5.41, 5.74) is 1.85. The molecule has 2 rings (SSSR count). The monoisotopic (exact) mass is 324 g/mol. The van der Waals surface area contributed by atoms with Crippen LogP contribution in [0.2, 0.25) is 0 Å². The van der Waals surface area contributed by atoms with Crippen molar-refractivity contribution < 1.29 is 13.2 Å². The van der Waals surface area contributed by atoms with E-state index in [1.54, 1.807) is 4.31 Å². The van der Waals surface area contributed by atoms with Crippen LogP contribution < -0.4 is 0 Å². The third-order valence-electron chi connectivity index (χ3n) is 3.93. The number of sulfonamides is 1. The van der Waals surface area contributed by atoms with Gasteiger partial charge in [0, 0.05) is 31.7 Å². The molecule has 1 aliphatic heterocycles. The smallest absolute Gasteiger partial charge is 0.214 e. The summed E-state index contributed by atoms with van der Waals surface area (Å²) in [6, 6.07) is 7.56. The second-order valence-electron chi connectivity index (χ2n) is 5.78. The molecule has 1 aromatic rings. The van der Waals surface area contributed by atoms with Crippen LogP contribution >= 0.6 is 0 Å². The number of aryl methyl sites for hydroxylation is 1. The predicted octanol–water partition coefficient (Wildman–Crippen LogP) is 1.54. The SMILES string of the molecule is CCCS(=O)(=O)N1CCN(CC(=O)c2ccc(C)cc2)CC1. The van der Waals surface area contributed by atoms with E-state index in [2.05, 4.69) is 0 Å². The first-order chi connectivity index (χ1) is 10.4. The first kappa shape index (κ1) is 17.1. The Hall–Kier alpha value is -1.24. The Morgan fingerprint density at radius 3 is 2.23 bits per heavy atom. The van der Waals surface area contributed by atoms with Gasteiger partial charge in [0.05, 0.1) is 12.3 Å². The number of hydrogen-bond acceptors (Lipinski definition) is 4. The minimum absolute atomic E-state index is 0.0878. The molecule has 1 aromatic carbocycles. The molecule has 0 saturated carbocycles. The molecule has 1 fully saturated rings. The summed E-state index contributed by atoms with van der Waals surface area (Å²) in [7, 11) is -3.12. The average Bonchev–Trinajstić information content (AvgIpc) is 2.48. The van der Waals surface area contributed by atoms with Crippen LogP contribution in [0.4, 0.5) is 0 Å². The van der Waals surface area contributed by atoms with Crippen LogP contribution in [0, 0.1) is 6.92 Å². The molecule has 122 valence electrons. The third-order valence-corrected chi connectivity index (χ3v) is 6.00. The second kappa shape index (κ2) is 7.35. The van der Waals surface area contributed by atoms with E-state index in [4.69, 9.17) is 0 Å². The van der Waals surface area contributed by atoms with Crippen molar-refractivity contribution >= 4 is 15.8 Å². The zero-order valence-corrected chi connectivity index (χ0v) is 14.1. The van der Waals surface area contributed by atoms with E-state index >= 15 is 0 Å². The van der Waals surface area contributed by atoms with Crippen LogP contribution in [0.25, 0.3) is 0 Å². The van der Waals surface area contributed by atoms with Gasteiger partial charge in [-0.2, -0.15) is 4.31 Å². The Bertz CT molecular complexity index is 603. The average molecular weight is 324 g/mol. The lowest BCUT2D eigenvalue weighted by Gasteiger charge is -2.33. The quantitative estimate of drug-likeness (QED) is 0.745. The molecule has 0 bridgehead atoms. The molecule has 22 heavy (non-hydrogen) atoms. The summed E-state index contributed by atoms with van der Waals surface area (Å²) >= 11 is 0. The van der Waals surface area contributed by atoms with Gasteiger partial charge in [0.2, 0.25) is 10.0 Å². The molecule has 5 nitrogen and oxygen atoms in total. The van der Waals surface area contributed by atoms with E-state index in [0.29, 0.717) is 44.7 Å². The molecule has 0 amide bonds. The Morgan fingerprint density at radius 1 is 1.09 bits per heavy atom. The Kier molecular flexibility index (Phi) is 5.72. The van der Waals surface area contributed by atoms with Crippen molar-refractivity contribution in [2.24, 2.45) is 0 Å². The Labute approximate surface area is 133 Å². The van der Waals surface area contributed by atoms with E-state index < -0.39 is 10.0 Å². The number of rotatable bonds is 6. The highest BCUT2D eigenvalue weighted by atomic mass is 32.2. The topological polar surface area (TPSA) is 57.7 Å². The van der Waals surface area contributed by atoms with Crippen LogP contribution in [0.5, 0.6) is 0 Å². The van der Waals surface area contributed by atoms with Crippen molar-refractivity contribution in [1.29, 1.82) is 0 Å². The standard InChI is InChI=1S/C16H24N2O3S/c1-3-12-22(20,21)18-10-8-17(9-11-18)13-16(19)15-6-4-14(2)5-7-15/h4-7H,3,8-13H2,1-2H3. The summed E-state index contributed by atoms with van der Waals surface area (Å²) in [4.78, 5) is 14.3. The maximum Gasteiger partial charge on any atom is 0.214 e. The lowest BCUT2D eigenvalue weighted by Crippen LogP contribution is -2.50. The van der Waals surface area contributed by atoms with Crippen molar-refractivity contribution in [3.8, 4) is 0 Å². The van der Waals surface area contributed by atoms with E-state index in [0.717, 1.165) is 5.56 Å². The van der Waals surface area contributed by atoms with Gasteiger partial charge in [-0.05, 0) is 13.3 Å². The van der Waals surface area contributed by atoms with Gasteiger partial charge < -0.3 is 0 Å². The highest BCUT2D eigenvalue weighted by molar-refractivity contribution is 7.89. The highest BCUT2D eigenvalue weighted by Crippen LogP contribution is 2.11. The molecule has 1 aliphatic rings. The van der Waals surface area contributed by atoms with Crippen molar-refractivity contribution in [3.63, 3.8) is 0 Å². The Morgan fingerprint density at radius 2 is 1.68 bits per heavy atom. The normalized spacial score (nSPS) is 17.5. The molecule has 0 aromatic heterocycles. The fraction of sp³-hybridized carbons (Fsp3) is 0.562. The van der Waals surface area contributed by atoms with Gasteiger partial charge in [0.25, 0.3) is 0 Å². The van der Waals surface area contributed by atoms with Crippen molar-refractivity contribution in [3.05, 3.63) is 35.4 Å². The van der Waals surface area contributed by atoms with E-state index in [9.17, 15) is 13.2 Å². The van der Waals surface area contributed by atoms with Crippen LogP contribution in [0.3, 0.4) is 0 Å². The molecule has 0 spiro atoms. The van der Waals surface area contributed by atoms with E-state index in [1.165, 1.54) is 0 Å². The number of benzene rings is 1. The largest absolute Gasteiger partial charge is 0.293 e. The maximum absolute atomic E-state index is 12.2. The first-order valence-corrected chi connectivity index (χ1v) is 9.33. The summed E-state index contributed by atoms with van der Waals surface area (Å²) < 4.78 is 25.6. The summed E-state index contributed by atoms with van der Waals surface area (Å²) in [5, 5.41) is 0. The molecule has 0 aliphatic carbocycles. The fourth-order valence-corrected chi connectivity index (χ4v) is 4.08. The molecule has 6 heteroatoms. The summed E-state index contributed by atoms with van der Waals surface area (Å²) in [6.07, 6.45) is 0.633. The summed E-state index contributed by atoms with van der Waals surface area (Å²) in [5.74, 6) is 0.292. The number of carbonyl (C=O) groups excluding carboxylic acids is 1. The molecular weight excluding hydrogens is 300 g/mol. The van der Waals surface area contributed by atoms with Crippen LogP contribution in [-0.2, 0) is 10.0 Å². The number of piperazine rings is 1. The van der Waals surface area contributed by atoms with Gasteiger partial charge in [0.1, 0.15) is 0 Å². The number of hydrogen-bond donors (Lipinski definition) is 0. The van der Waals surface area contributed by atoms with Gasteiger partial charge >= 0.3 is 0 Å². The highest BCUT2D eigenvalue weighted by Gasteiger charge is 2.26. The van der Waals surface area contributed by atoms with Crippen LogP contribution in [0.1, 0.15) is 29.3 Å². The third kappa shape index (κ3) is 4.38. The van der Waals surface area contributed by atoms with Gasteiger partial charge in [0.15, 0.2) is 5.78 Å². The number of ketones is 1.